The first-order valence-electron chi connectivity index (χ1n) is 3.99. The maximum Gasteiger partial charge on any atom is 0.238 e. The molecule has 14 heavy (non-hydrogen) atoms. The second-order valence-electron chi connectivity index (χ2n) is 2.67. The summed E-state index contributed by atoms with van der Waals surface area (Å²) in [6.07, 6.45) is 0. The average Bonchev–Trinajstić information content (AvgIpc) is 2.64. The van der Waals surface area contributed by atoms with Crippen molar-refractivity contribution >= 4 is 42.5 Å². The Bertz CT molecular complexity index is 471. The van der Waals surface area contributed by atoms with Gasteiger partial charge in [-0.2, -0.15) is 0 Å². The Morgan fingerprint density at radius 1 is 1.57 bits per heavy atom. The van der Waals surface area contributed by atoms with E-state index in [1.54, 1.807) is 29.0 Å². The molecule has 3 radical (unpaired) electrons. The van der Waals surface area contributed by atoms with Crippen LogP contribution >= 0.6 is 11.3 Å². The van der Waals surface area contributed by atoms with Crippen LogP contribution in [0.1, 0.15) is 10.4 Å². The van der Waals surface area contributed by atoms with Crippen molar-refractivity contribution in [2.24, 2.45) is 0 Å². The number of benzene rings is 1. The molecular weight excluding hydrogens is 194 g/mol. The predicted octanol–water partition coefficient (Wildman–Crippen LogP) is 0.729. The number of hydrogen-bond acceptors (Lipinski definition) is 3. The summed E-state index contributed by atoms with van der Waals surface area (Å²) in [5.74, 6) is -0.220. The third-order valence-electron chi connectivity index (χ3n) is 1.81. The van der Waals surface area contributed by atoms with Crippen molar-refractivity contribution in [3.8, 4) is 0 Å². The summed E-state index contributed by atoms with van der Waals surface area (Å²) in [5, 5.41) is 2.41. The molecule has 1 aromatic heterocycles. The van der Waals surface area contributed by atoms with Crippen LogP contribution in [-0.4, -0.2) is 25.9 Å². The van der Waals surface area contributed by atoms with Crippen LogP contribution in [0.15, 0.2) is 23.7 Å². The van der Waals surface area contributed by atoms with Gasteiger partial charge in [0.1, 0.15) is 0 Å². The van der Waals surface area contributed by atoms with Crippen molar-refractivity contribution in [2.45, 2.75) is 0 Å². The molecule has 65 valence electrons. The summed E-state index contributed by atoms with van der Waals surface area (Å²) >= 11 is 1.55. The Morgan fingerprint density at radius 3 is 3.21 bits per heavy atom. The van der Waals surface area contributed by atoms with E-state index in [9.17, 15) is 4.79 Å². The Morgan fingerprint density at radius 2 is 2.43 bits per heavy atom. The normalized spacial score (nSPS) is 10.0. The summed E-state index contributed by atoms with van der Waals surface area (Å²) in [5.41, 5.74) is 3.14. The number of thiazole rings is 1. The number of fused-ring (bicyclic) bond motifs is 1. The Balaban J connectivity index is 2.38. The molecule has 0 aliphatic heterocycles. The van der Waals surface area contributed by atoms with Crippen LogP contribution in [0, 0.1) is 0 Å². The average molecular weight is 199 g/mol. The van der Waals surface area contributed by atoms with E-state index in [4.69, 9.17) is 7.74 Å². The van der Waals surface area contributed by atoms with E-state index in [-0.39, 0.29) is 5.91 Å². The van der Waals surface area contributed by atoms with Gasteiger partial charge in [0.25, 0.3) is 0 Å². The lowest BCUT2D eigenvalue weighted by Gasteiger charge is -2.00. The molecule has 0 saturated heterocycles. The number of amides is 1. The van der Waals surface area contributed by atoms with Gasteiger partial charge in [0.2, 0.25) is 5.91 Å². The van der Waals surface area contributed by atoms with Gasteiger partial charge in [0.15, 0.2) is 7.31 Å². The van der Waals surface area contributed by atoms with E-state index in [1.165, 1.54) is 0 Å². The van der Waals surface area contributed by atoms with Crippen molar-refractivity contribution in [1.29, 1.82) is 0 Å². The highest BCUT2D eigenvalue weighted by molar-refractivity contribution is 7.16. The molecular formula is C8H5B2N2OS. The molecule has 1 amide bonds. The highest BCUT2D eigenvalue weighted by Crippen LogP contribution is 2.18. The fourth-order valence-electron chi connectivity index (χ4n) is 1.16. The summed E-state index contributed by atoms with van der Waals surface area (Å²) in [7, 11) is 6.21. The van der Waals surface area contributed by atoms with E-state index in [0.29, 0.717) is 5.56 Å². The van der Waals surface area contributed by atoms with Gasteiger partial charge in [0, 0.05) is 13.3 Å². The molecule has 0 fully saturated rings. The van der Waals surface area contributed by atoms with Crippen molar-refractivity contribution in [1.82, 2.24) is 10.2 Å². The van der Waals surface area contributed by atoms with E-state index < -0.39 is 0 Å². The van der Waals surface area contributed by atoms with Gasteiger partial charge in [-0.05, 0) is 18.2 Å². The predicted molar refractivity (Wildman–Crippen MR) is 58.6 cm³/mol. The van der Waals surface area contributed by atoms with Crippen LogP contribution in [-0.2, 0) is 0 Å². The van der Waals surface area contributed by atoms with Gasteiger partial charge in [-0.1, -0.05) is 0 Å². The zero-order valence-corrected chi connectivity index (χ0v) is 8.04. The first kappa shape index (κ1) is 9.27. The molecule has 1 aromatic carbocycles. The van der Waals surface area contributed by atoms with Crippen LogP contribution in [0.3, 0.4) is 0 Å². The van der Waals surface area contributed by atoms with Gasteiger partial charge in [-0.3, -0.25) is 4.79 Å². The molecule has 2 aromatic rings. The minimum atomic E-state index is -0.220. The first-order valence-corrected chi connectivity index (χ1v) is 4.87. The lowest BCUT2D eigenvalue weighted by atomic mass is 9.67. The van der Waals surface area contributed by atoms with Crippen LogP contribution in [0.5, 0.6) is 0 Å². The molecule has 3 nitrogen and oxygen atoms in total. The standard InChI is InChI=1S/C8H5B2N2OS/c9-10-12-8(13)5-1-2-7-6(3-5)11-4-14-7/h1-4H,(H,12,13). The van der Waals surface area contributed by atoms with Gasteiger partial charge in [0.05, 0.1) is 15.7 Å². The number of nitrogens with one attached hydrogen (secondary N) is 1. The van der Waals surface area contributed by atoms with Crippen molar-refractivity contribution in [3.05, 3.63) is 29.3 Å². The topological polar surface area (TPSA) is 42.0 Å². The Labute approximate surface area is 87.2 Å². The van der Waals surface area contributed by atoms with Crippen LogP contribution in [0.4, 0.5) is 0 Å². The van der Waals surface area contributed by atoms with Gasteiger partial charge in [-0.15, -0.1) is 11.3 Å². The molecule has 1 N–H and O–H groups in total. The van der Waals surface area contributed by atoms with E-state index in [1.807, 2.05) is 6.07 Å². The van der Waals surface area contributed by atoms with E-state index in [0.717, 1.165) is 17.5 Å². The molecule has 6 heteroatoms. The van der Waals surface area contributed by atoms with Crippen molar-refractivity contribution < 1.29 is 4.79 Å². The maximum atomic E-state index is 11.4. The number of hydrogen-bond donors (Lipinski definition) is 1. The Kier molecular flexibility index (Phi) is 2.54. The third kappa shape index (κ3) is 1.65. The molecule has 0 atom stereocenters. The highest BCUT2D eigenvalue weighted by Gasteiger charge is 2.05. The number of aromatic nitrogens is 1. The summed E-state index contributed by atoms with van der Waals surface area (Å²) in [6, 6.07) is 5.36. The number of nitrogens with zero attached hydrogens (tertiary/aromatic N) is 1. The minimum Gasteiger partial charge on any atom is -0.409 e. The lowest BCUT2D eigenvalue weighted by Crippen LogP contribution is -2.27. The molecule has 1 heterocycles. The van der Waals surface area contributed by atoms with E-state index >= 15 is 0 Å². The summed E-state index contributed by atoms with van der Waals surface area (Å²) in [6.45, 7) is 0. The summed E-state index contributed by atoms with van der Waals surface area (Å²) < 4.78 is 1.07. The molecule has 0 aliphatic rings. The van der Waals surface area contributed by atoms with Gasteiger partial charge < -0.3 is 5.23 Å². The third-order valence-corrected chi connectivity index (χ3v) is 2.62. The number of rotatable bonds is 2. The van der Waals surface area contributed by atoms with Crippen LogP contribution in [0.2, 0.25) is 0 Å². The van der Waals surface area contributed by atoms with Crippen LogP contribution in [0.25, 0.3) is 10.2 Å². The quantitative estimate of drug-likeness (QED) is 0.724. The monoisotopic (exact) mass is 199 g/mol. The fourth-order valence-corrected chi connectivity index (χ4v) is 1.82. The molecule has 0 saturated carbocycles. The van der Waals surface area contributed by atoms with Crippen molar-refractivity contribution in [2.75, 3.05) is 0 Å². The van der Waals surface area contributed by atoms with Gasteiger partial charge in [-0.25, -0.2) is 4.98 Å². The molecule has 0 aliphatic carbocycles. The van der Waals surface area contributed by atoms with Gasteiger partial charge >= 0.3 is 0 Å². The molecule has 0 spiro atoms. The second kappa shape index (κ2) is 3.84. The van der Waals surface area contributed by atoms with E-state index in [2.05, 4.69) is 10.2 Å². The minimum absolute atomic E-state index is 0.220. The zero-order valence-electron chi connectivity index (χ0n) is 7.23. The lowest BCUT2D eigenvalue weighted by molar-refractivity contribution is 0.0981. The zero-order chi connectivity index (χ0) is 9.97. The highest BCUT2D eigenvalue weighted by atomic mass is 32.1. The van der Waals surface area contributed by atoms with Crippen LogP contribution < -0.4 is 5.23 Å². The van der Waals surface area contributed by atoms with Crippen molar-refractivity contribution in [3.63, 3.8) is 0 Å². The first-order chi connectivity index (χ1) is 6.81. The fraction of sp³-hybridized carbons (Fsp3) is 0. The number of carbonyl (C=O) groups excluding carboxylic acids is 1. The smallest absolute Gasteiger partial charge is 0.238 e. The largest absolute Gasteiger partial charge is 0.409 e. The maximum absolute atomic E-state index is 11.4. The molecule has 0 bridgehead atoms. The molecule has 2 rings (SSSR count). The Hall–Kier alpha value is -1.29. The SMILES string of the molecule is [B][B]NC(=O)c1ccc2scnc2c1. The molecule has 0 unspecified atom stereocenters. The number of carbonyl (C=O) groups is 1. The summed E-state index contributed by atoms with van der Waals surface area (Å²) in [4.78, 5) is 15.5. The second-order valence-corrected chi connectivity index (χ2v) is 3.56.